The van der Waals surface area contributed by atoms with Gasteiger partial charge in [-0.2, -0.15) is 0 Å². The molecule has 0 aliphatic carbocycles. The maximum absolute atomic E-state index is 13.1. The third-order valence-corrected chi connectivity index (χ3v) is 7.00. The van der Waals surface area contributed by atoms with E-state index in [1.807, 2.05) is 36.1 Å². The topological polar surface area (TPSA) is 32.8 Å². The molecule has 0 bridgehead atoms. The molecule has 0 N–H and O–H groups in total. The van der Waals surface area contributed by atoms with Gasteiger partial charge in [-0.15, -0.1) is 0 Å². The van der Waals surface area contributed by atoms with E-state index in [0.29, 0.717) is 12.3 Å². The van der Waals surface area contributed by atoms with Crippen LogP contribution in [0.15, 0.2) is 45.3 Å². The fourth-order valence-electron chi connectivity index (χ4n) is 3.52. The number of benzene rings is 2. The second kappa shape index (κ2) is 9.58. The Labute approximate surface area is 188 Å². The molecule has 0 aromatic heterocycles. The molecular weight excluding hydrogens is 503 g/mol. The predicted octanol–water partition coefficient (Wildman–Crippen LogP) is 5.16. The monoisotopic (exact) mass is 526 g/mol. The van der Waals surface area contributed by atoms with E-state index in [0.717, 1.165) is 33.2 Å². The minimum Gasteiger partial charge on any atom is -0.484 e. The van der Waals surface area contributed by atoms with Crippen molar-refractivity contribution in [2.45, 2.75) is 39.4 Å². The van der Waals surface area contributed by atoms with Gasteiger partial charge in [0.05, 0.1) is 0 Å². The molecular formula is C22H25Br2FN2O2. The van der Waals surface area contributed by atoms with E-state index in [-0.39, 0.29) is 30.4 Å². The van der Waals surface area contributed by atoms with E-state index in [2.05, 4.69) is 50.6 Å². The minimum absolute atomic E-state index is 0.0109. The summed E-state index contributed by atoms with van der Waals surface area (Å²) in [5.41, 5.74) is 2.16. The van der Waals surface area contributed by atoms with Crippen LogP contribution < -0.4 is 4.74 Å². The Morgan fingerprint density at radius 3 is 2.34 bits per heavy atom. The number of rotatable bonds is 5. The summed E-state index contributed by atoms with van der Waals surface area (Å²) in [6.45, 7) is 8.34. The fraction of sp³-hybridized carbons (Fsp3) is 0.409. The maximum atomic E-state index is 13.1. The van der Waals surface area contributed by atoms with Gasteiger partial charge in [0.2, 0.25) is 0 Å². The van der Waals surface area contributed by atoms with Gasteiger partial charge in [-0.3, -0.25) is 9.69 Å². The van der Waals surface area contributed by atoms with Crippen LogP contribution in [0.4, 0.5) is 4.39 Å². The molecule has 3 rings (SSSR count). The molecule has 0 saturated carbocycles. The lowest BCUT2D eigenvalue weighted by Crippen LogP contribution is -2.58. The van der Waals surface area contributed by atoms with Gasteiger partial charge in [0.15, 0.2) is 6.61 Å². The number of carbonyl (C=O) groups is 1. The van der Waals surface area contributed by atoms with Crippen molar-refractivity contribution >= 4 is 37.8 Å². The maximum Gasteiger partial charge on any atom is 0.260 e. The molecule has 1 aliphatic heterocycles. The van der Waals surface area contributed by atoms with E-state index in [1.165, 1.54) is 12.1 Å². The predicted molar refractivity (Wildman–Crippen MR) is 120 cm³/mol. The van der Waals surface area contributed by atoms with Crippen LogP contribution in [0.3, 0.4) is 0 Å². The first-order valence-electron chi connectivity index (χ1n) is 9.61. The summed E-state index contributed by atoms with van der Waals surface area (Å²) < 4.78 is 20.8. The molecule has 29 heavy (non-hydrogen) atoms. The quantitative estimate of drug-likeness (QED) is 0.538. The molecule has 0 spiro atoms. The third-order valence-electron chi connectivity index (χ3n) is 5.35. The molecule has 156 valence electrons. The fourth-order valence-corrected chi connectivity index (χ4v) is 4.67. The highest BCUT2D eigenvalue weighted by atomic mass is 79.9. The van der Waals surface area contributed by atoms with Crippen LogP contribution in [-0.4, -0.2) is 47.5 Å². The zero-order chi connectivity index (χ0) is 21.1. The number of carbonyl (C=O) groups excluding carboxylic acids is 1. The van der Waals surface area contributed by atoms with E-state index < -0.39 is 0 Å². The summed E-state index contributed by atoms with van der Waals surface area (Å²) in [5, 5.41) is 0. The number of hydrogen-bond donors (Lipinski definition) is 0. The standard InChI is InChI=1S/C22H25Br2FN2O2/c1-14-11-27(15(2)10-26(14)12-17-4-6-18(25)7-5-17)22(28)13-29-19-8-20(23)16(3)21(24)9-19/h4-9,14-15H,10-13H2,1-3H3/t14-,15+/m0/s1. The van der Waals surface area contributed by atoms with Gasteiger partial charge in [0.1, 0.15) is 11.6 Å². The zero-order valence-corrected chi connectivity index (χ0v) is 20.0. The number of amides is 1. The molecule has 0 unspecified atom stereocenters. The van der Waals surface area contributed by atoms with Gasteiger partial charge in [-0.25, -0.2) is 4.39 Å². The smallest absolute Gasteiger partial charge is 0.260 e. The van der Waals surface area contributed by atoms with Gasteiger partial charge in [-0.05, 0) is 56.2 Å². The lowest BCUT2D eigenvalue weighted by Gasteiger charge is -2.44. The van der Waals surface area contributed by atoms with Crippen LogP contribution in [-0.2, 0) is 11.3 Å². The largest absolute Gasteiger partial charge is 0.484 e. The first kappa shape index (κ1) is 22.2. The zero-order valence-electron chi connectivity index (χ0n) is 16.8. The number of nitrogens with zero attached hydrogens (tertiary/aromatic N) is 2. The van der Waals surface area contributed by atoms with Crippen molar-refractivity contribution in [2.24, 2.45) is 0 Å². The van der Waals surface area contributed by atoms with E-state index in [1.54, 1.807) is 0 Å². The lowest BCUT2D eigenvalue weighted by molar-refractivity contribution is -0.139. The summed E-state index contributed by atoms with van der Waals surface area (Å²) in [4.78, 5) is 17.0. The van der Waals surface area contributed by atoms with Crippen molar-refractivity contribution < 1.29 is 13.9 Å². The molecule has 1 amide bonds. The van der Waals surface area contributed by atoms with Crippen LogP contribution in [0.5, 0.6) is 5.75 Å². The average Bonchev–Trinajstić information content (AvgIpc) is 2.68. The van der Waals surface area contributed by atoms with Gasteiger partial charge >= 0.3 is 0 Å². The molecule has 1 saturated heterocycles. The highest BCUT2D eigenvalue weighted by Gasteiger charge is 2.32. The Morgan fingerprint density at radius 2 is 1.72 bits per heavy atom. The number of piperazine rings is 1. The first-order valence-corrected chi connectivity index (χ1v) is 11.2. The molecule has 1 heterocycles. The Hall–Kier alpha value is -1.44. The summed E-state index contributed by atoms with van der Waals surface area (Å²) in [7, 11) is 0. The Kier molecular flexibility index (Phi) is 7.35. The van der Waals surface area contributed by atoms with Crippen molar-refractivity contribution in [1.82, 2.24) is 9.80 Å². The van der Waals surface area contributed by atoms with Crippen molar-refractivity contribution in [3.63, 3.8) is 0 Å². The molecule has 1 aliphatic rings. The van der Waals surface area contributed by atoms with E-state index in [9.17, 15) is 9.18 Å². The summed E-state index contributed by atoms with van der Waals surface area (Å²) >= 11 is 7.01. The third kappa shape index (κ3) is 5.58. The van der Waals surface area contributed by atoms with Crippen LogP contribution in [0.1, 0.15) is 25.0 Å². The summed E-state index contributed by atoms with van der Waals surface area (Å²) in [6, 6.07) is 10.7. The number of hydrogen-bond acceptors (Lipinski definition) is 3. The molecule has 4 nitrogen and oxygen atoms in total. The van der Waals surface area contributed by atoms with E-state index >= 15 is 0 Å². The number of halogens is 3. The van der Waals surface area contributed by atoms with Crippen LogP contribution >= 0.6 is 31.9 Å². The van der Waals surface area contributed by atoms with Crippen molar-refractivity contribution in [3.8, 4) is 5.75 Å². The second-order valence-electron chi connectivity index (χ2n) is 7.60. The highest BCUT2D eigenvalue weighted by molar-refractivity contribution is 9.11. The average molecular weight is 528 g/mol. The Morgan fingerprint density at radius 1 is 1.10 bits per heavy atom. The van der Waals surface area contributed by atoms with Crippen LogP contribution in [0, 0.1) is 12.7 Å². The molecule has 2 aromatic carbocycles. The molecule has 2 atom stereocenters. The van der Waals surface area contributed by atoms with Crippen molar-refractivity contribution in [1.29, 1.82) is 0 Å². The molecule has 1 fully saturated rings. The van der Waals surface area contributed by atoms with Crippen molar-refractivity contribution in [3.05, 3.63) is 62.3 Å². The van der Waals surface area contributed by atoms with Gasteiger partial charge in [-0.1, -0.05) is 44.0 Å². The van der Waals surface area contributed by atoms with Crippen LogP contribution in [0.25, 0.3) is 0 Å². The van der Waals surface area contributed by atoms with Gasteiger partial charge < -0.3 is 9.64 Å². The molecule has 2 aromatic rings. The Balaban J connectivity index is 1.57. The SMILES string of the molecule is Cc1c(Br)cc(OCC(=O)N2C[C@H](C)N(Cc3ccc(F)cc3)C[C@H]2C)cc1Br. The Bertz CT molecular complexity index is 853. The number of ether oxygens (including phenoxy) is 1. The lowest BCUT2D eigenvalue weighted by atomic mass is 10.1. The van der Waals surface area contributed by atoms with Crippen LogP contribution in [0.2, 0.25) is 0 Å². The molecule has 0 radical (unpaired) electrons. The molecule has 7 heteroatoms. The normalized spacial score (nSPS) is 20.0. The van der Waals surface area contributed by atoms with Crippen molar-refractivity contribution in [2.75, 3.05) is 19.7 Å². The first-order chi connectivity index (χ1) is 13.7. The van der Waals surface area contributed by atoms with Gasteiger partial charge in [0.25, 0.3) is 5.91 Å². The highest BCUT2D eigenvalue weighted by Crippen LogP contribution is 2.30. The van der Waals surface area contributed by atoms with E-state index in [4.69, 9.17) is 4.74 Å². The summed E-state index contributed by atoms with van der Waals surface area (Å²) in [5.74, 6) is 0.412. The second-order valence-corrected chi connectivity index (χ2v) is 9.31. The minimum atomic E-state index is -0.224. The van der Waals surface area contributed by atoms with Gasteiger partial charge in [0, 0.05) is 40.7 Å². The summed E-state index contributed by atoms with van der Waals surface area (Å²) in [6.07, 6.45) is 0.